The van der Waals surface area contributed by atoms with Crippen molar-refractivity contribution in [1.82, 2.24) is 0 Å². The Labute approximate surface area is 152 Å². The third kappa shape index (κ3) is 6.22. The van der Waals surface area contributed by atoms with Gasteiger partial charge in [0.1, 0.15) is 54.2 Å². The van der Waals surface area contributed by atoms with Crippen LogP contribution in [0.5, 0.6) is 0 Å². The van der Waals surface area contributed by atoms with Crippen LogP contribution in [0.2, 0.25) is 0 Å². The van der Waals surface area contributed by atoms with Crippen LogP contribution in [0.1, 0.15) is 0 Å². The van der Waals surface area contributed by atoms with Crippen LogP contribution in [-0.2, 0) is 25.5 Å². The molecular formula is C12H24O12S2. The molecule has 14 heteroatoms. The molecule has 1 heterocycles. The van der Waals surface area contributed by atoms with Crippen molar-refractivity contribution in [3.05, 3.63) is 0 Å². The molecule has 1 rings (SSSR count). The van der Waals surface area contributed by atoms with E-state index >= 15 is 0 Å². The molecule has 1 saturated heterocycles. The normalized spacial score (nSPS) is 32.8. The highest BCUT2D eigenvalue weighted by molar-refractivity contribution is 7.97. The third-order valence-corrected chi connectivity index (χ3v) is 7.31. The second kappa shape index (κ2) is 9.90. The highest BCUT2D eigenvalue weighted by Gasteiger charge is 2.51. The predicted molar refractivity (Wildman–Crippen MR) is 85.7 cm³/mol. The van der Waals surface area contributed by atoms with E-state index in [1.807, 2.05) is 0 Å². The lowest BCUT2D eigenvalue weighted by atomic mass is 10.0. The maximum Gasteiger partial charge on any atom is 0.218 e. The number of aliphatic hydroxyl groups is 8. The zero-order valence-corrected chi connectivity index (χ0v) is 15.1. The van der Waals surface area contributed by atoms with E-state index in [0.717, 1.165) is 0 Å². The van der Waals surface area contributed by atoms with Crippen LogP contribution in [0.4, 0.5) is 0 Å². The van der Waals surface area contributed by atoms with E-state index in [1.165, 1.54) is 0 Å². The fourth-order valence-corrected chi connectivity index (χ4v) is 5.82. The van der Waals surface area contributed by atoms with Gasteiger partial charge in [-0.15, -0.1) is 0 Å². The van der Waals surface area contributed by atoms with Crippen LogP contribution in [0.15, 0.2) is 0 Å². The van der Waals surface area contributed by atoms with Crippen LogP contribution in [-0.4, -0.2) is 127 Å². The molecule has 1 fully saturated rings. The molecule has 156 valence electrons. The van der Waals surface area contributed by atoms with Crippen LogP contribution in [0.25, 0.3) is 0 Å². The molecule has 0 radical (unpaired) electrons. The fraction of sp³-hybridized carbons (Fsp3) is 1.00. The molecule has 1 aliphatic rings. The van der Waals surface area contributed by atoms with Crippen molar-refractivity contribution < 1.29 is 58.0 Å². The first-order valence-electron chi connectivity index (χ1n) is 7.53. The van der Waals surface area contributed by atoms with Gasteiger partial charge >= 0.3 is 0 Å². The Hall–Kier alpha value is -0.100. The molecule has 8 N–H and O–H groups in total. The van der Waals surface area contributed by atoms with Crippen LogP contribution in [0.3, 0.4) is 0 Å². The molecule has 1 aliphatic heterocycles. The zero-order valence-electron chi connectivity index (χ0n) is 13.5. The van der Waals surface area contributed by atoms with E-state index in [9.17, 15) is 48.7 Å². The monoisotopic (exact) mass is 424 g/mol. The second-order valence-electron chi connectivity index (χ2n) is 5.92. The smallest absolute Gasteiger partial charge is 0.218 e. The average molecular weight is 424 g/mol. The minimum Gasteiger partial charge on any atom is -0.726 e. The second-order valence-corrected chi connectivity index (χ2v) is 9.27. The van der Waals surface area contributed by atoms with Crippen molar-refractivity contribution in [2.75, 3.05) is 24.7 Å². The quantitative estimate of drug-likeness (QED) is 0.0931. The molecule has 2 unspecified atom stereocenters. The highest BCUT2D eigenvalue weighted by atomic mass is 32.3. The van der Waals surface area contributed by atoms with Crippen molar-refractivity contribution in [2.24, 2.45) is 0 Å². The van der Waals surface area contributed by atoms with E-state index in [1.54, 1.807) is 0 Å². The summed E-state index contributed by atoms with van der Waals surface area (Å²) in [5.74, 6) is -0.406. The number of rotatable bonds is 10. The van der Waals surface area contributed by atoms with Crippen LogP contribution in [0, 0.1) is 0 Å². The number of hydrogen-bond donors (Lipinski definition) is 8. The Bertz CT molecular complexity index is 530. The van der Waals surface area contributed by atoms with E-state index in [2.05, 4.69) is 4.18 Å². The third-order valence-electron chi connectivity index (χ3n) is 4.03. The Kier molecular flexibility index (Phi) is 9.12. The van der Waals surface area contributed by atoms with Gasteiger partial charge in [0.2, 0.25) is 10.4 Å². The van der Waals surface area contributed by atoms with E-state index in [4.69, 9.17) is 5.11 Å². The maximum absolute atomic E-state index is 10.9. The van der Waals surface area contributed by atoms with Crippen molar-refractivity contribution in [3.63, 3.8) is 0 Å². The van der Waals surface area contributed by atoms with Crippen molar-refractivity contribution in [2.45, 2.75) is 48.0 Å². The average Bonchev–Trinajstić information content (AvgIpc) is 2.82. The molecule has 0 aromatic heterocycles. The first-order chi connectivity index (χ1) is 11.9. The fourth-order valence-electron chi connectivity index (χ4n) is 2.62. The van der Waals surface area contributed by atoms with Gasteiger partial charge in [0.05, 0.1) is 13.2 Å². The summed E-state index contributed by atoms with van der Waals surface area (Å²) in [5, 5.41) is 75.8. The highest BCUT2D eigenvalue weighted by Crippen LogP contribution is 2.26. The van der Waals surface area contributed by atoms with E-state index in [0.29, 0.717) is 0 Å². The molecule has 26 heavy (non-hydrogen) atoms. The summed E-state index contributed by atoms with van der Waals surface area (Å²) < 4.78 is 36.7. The molecule has 0 aliphatic carbocycles. The molecule has 0 spiro atoms. The van der Waals surface area contributed by atoms with Crippen molar-refractivity contribution in [1.29, 1.82) is 0 Å². The molecule has 0 amide bonds. The van der Waals surface area contributed by atoms with Gasteiger partial charge in [0.15, 0.2) is 5.25 Å². The molecule has 12 nitrogen and oxygen atoms in total. The maximum atomic E-state index is 10.9. The van der Waals surface area contributed by atoms with Gasteiger partial charge in [-0.3, -0.25) is 4.18 Å². The molecular weight excluding hydrogens is 400 g/mol. The molecule has 0 aromatic rings. The molecule has 0 aromatic carbocycles. The van der Waals surface area contributed by atoms with Crippen LogP contribution >= 0.6 is 0 Å². The Morgan fingerprint density at radius 3 is 2.12 bits per heavy atom. The van der Waals surface area contributed by atoms with Gasteiger partial charge in [-0.1, -0.05) is 0 Å². The number of hydrogen-bond acceptors (Lipinski definition) is 12. The SMILES string of the molecule is O=S(=O)([O-])O[C@@H]([C@H](O)[C@H](O)C(O)CO)[C@H](O)C[S+]1C[C@@H](O)[C@H](O)[C@H]1CO. The first kappa shape index (κ1) is 23.9. The lowest BCUT2D eigenvalue weighted by molar-refractivity contribution is -0.129. The minimum absolute atomic E-state index is 0.0296. The summed E-state index contributed by atoms with van der Waals surface area (Å²) in [5.41, 5.74) is 0. The van der Waals surface area contributed by atoms with Gasteiger partial charge in [-0.05, 0) is 0 Å². The van der Waals surface area contributed by atoms with E-state index in [-0.39, 0.29) is 11.5 Å². The topological polar surface area (TPSA) is 228 Å². The summed E-state index contributed by atoms with van der Waals surface area (Å²) in [6, 6.07) is 0. The van der Waals surface area contributed by atoms with Gasteiger partial charge < -0.3 is 45.4 Å². The van der Waals surface area contributed by atoms with Crippen LogP contribution < -0.4 is 0 Å². The van der Waals surface area contributed by atoms with Gasteiger partial charge in [-0.25, -0.2) is 8.42 Å². The predicted octanol–water partition coefficient (Wildman–Crippen LogP) is -6.02. The lowest BCUT2D eigenvalue weighted by Crippen LogP contribution is -2.53. The molecule has 0 saturated carbocycles. The Balaban J connectivity index is 2.95. The van der Waals surface area contributed by atoms with Gasteiger partial charge in [0.25, 0.3) is 0 Å². The van der Waals surface area contributed by atoms with Gasteiger partial charge in [0, 0.05) is 10.9 Å². The summed E-state index contributed by atoms with van der Waals surface area (Å²) in [4.78, 5) is 0. The molecule has 0 bridgehead atoms. The van der Waals surface area contributed by atoms with Crippen molar-refractivity contribution in [3.8, 4) is 0 Å². The minimum atomic E-state index is -5.42. The van der Waals surface area contributed by atoms with Gasteiger partial charge in [-0.2, -0.15) is 0 Å². The summed E-state index contributed by atoms with van der Waals surface area (Å²) in [7, 11) is -6.45. The Morgan fingerprint density at radius 2 is 1.65 bits per heavy atom. The Morgan fingerprint density at radius 1 is 1.08 bits per heavy atom. The summed E-state index contributed by atoms with van der Waals surface area (Å²) in [6.45, 7) is -1.53. The number of aliphatic hydroxyl groups excluding tert-OH is 8. The zero-order chi connectivity index (χ0) is 20.2. The summed E-state index contributed by atoms with van der Waals surface area (Å²) >= 11 is 0. The standard InChI is InChI=1S/C12H24O12S2/c13-1-5(15)10(19)11(20)12(24-26(21,22)23)7(17)4-25-3-6(16)9(18)8(25)2-14/h5-20H,1-4H2/t5?,6-,7-,8-,9+,10-,11-,12-,25?/m1/s1. The lowest BCUT2D eigenvalue weighted by Gasteiger charge is -2.31. The van der Waals surface area contributed by atoms with Crippen molar-refractivity contribution >= 4 is 21.3 Å². The van der Waals surface area contributed by atoms with E-state index < -0.39 is 82.5 Å². The first-order valence-corrected chi connectivity index (χ1v) is 10.5. The molecule has 9 atom stereocenters. The largest absolute Gasteiger partial charge is 0.726 e. The summed E-state index contributed by atoms with van der Waals surface area (Å²) in [6.07, 6.45) is -12.8.